The number of oxime groups is 2. The Morgan fingerprint density at radius 1 is 0.609 bits per heavy atom. The Hall–Kier alpha value is -3.34. The topological polar surface area (TPSA) is 59.0 Å². The molecule has 0 spiro atoms. The maximum Gasteiger partial charge on any atom is 0.157 e. The summed E-state index contributed by atoms with van der Waals surface area (Å²) < 4.78 is 0. The molecule has 2 aromatic carbocycles. The van der Waals surface area contributed by atoms with E-state index in [1.165, 1.54) is 0 Å². The molecule has 1 aromatic heterocycles. The Bertz CT molecular complexity index is 714. The van der Waals surface area contributed by atoms with Crippen LogP contribution in [0.4, 0.5) is 0 Å². The van der Waals surface area contributed by atoms with Crippen molar-refractivity contribution in [1.82, 2.24) is 4.98 Å². The fourth-order valence-corrected chi connectivity index (χ4v) is 1.83. The van der Waals surface area contributed by atoms with Crippen LogP contribution in [0.2, 0.25) is 0 Å². The molecule has 0 aliphatic heterocycles. The van der Waals surface area contributed by atoms with Gasteiger partial charge < -0.3 is 14.7 Å². The maximum absolute atomic E-state index is 5.25. The van der Waals surface area contributed by atoms with E-state index >= 15 is 0 Å². The summed E-state index contributed by atoms with van der Waals surface area (Å²) >= 11 is 0. The molecule has 0 aliphatic carbocycles. The minimum absolute atomic E-state index is 0.688. The molecule has 114 valence electrons. The van der Waals surface area contributed by atoms with Gasteiger partial charge in [-0.2, -0.15) is 0 Å². The number of H-pyrrole nitrogens is 1. The number of aromatic nitrogens is 1. The van der Waals surface area contributed by atoms with Crippen molar-refractivity contribution in [2.45, 2.75) is 0 Å². The zero-order valence-electron chi connectivity index (χ0n) is 12.3. The van der Waals surface area contributed by atoms with Gasteiger partial charge in [0.15, 0.2) is 11.5 Å². The maximum atomic E-state index is 5.25. The van der Waals surface area contributed by atoms with Crippen LogP contribution in [0.25, 0.3) is 0 Å². The first kappa shape index (κ1) is 14.6. The number of hydrogen-bond acceptors (Lipinski definition) is 4. The zero-order chi connectivity index (χ0) is 15.7. The molecule has 3 rings (SSSR count). The number of para-hydroxylation sites is 2. The molecular weight excluding hydrogens is 290 g/mol. The lowest BCUT2D eigenvalue weighted by atomic mass is 10.3. The predicted molar refractivity (Wildman–Crippen MR) is 90.1 cm³/mol. The van der Waals surface area contributed by atoms with Gasteiger partial charge in [-0.25, -0.2) is 0 Å². The van der Waals surface area contributed by atoms with Crippen molar-refractivity contribution in [3.05, 3.63) is 84.2 Å². The molecule has 23 heavy (non-hydrogen) atoms. The van der Waals surface area contributed by atoms with Gasteiger partial charge in [0.1, 0.15) is 0 Å². The average Bonchev–Trinajstić information content (AvgIpc) is 3.05. The van der Waals surface area contributed by atoms with Gasteiger partial charge in [-0.3, -0.25) is 0 Å². The second kappa shape index (κ2) is 7.61. The molecule has 1 heterocycles. The molecule has 3 aromatic rings. The van der Waals surface area contributed by atoms with Gasteiger partial charge in [-0.15, -0.1) is 0 Å². The molecular formula is C18H15N3O2. The van der Waals surface area contributed by atoms with Crippen LogP contribution >= 0.6 is 0 Å². The van der Waals surface area contributed by atoms with Gasteiger partial charge in [-0.05, 0) is 36.4 Å². The number of aromatic amines is 1. The van der Waals surface area contributed by atoms with E-state index < -0.39 is 0 Å². The molecule has 5 nitrogen and oxygen atoms in total. The largest absolute Gasteiger partial charge is 0.357 e. The average molecular weight is 305 g/mol. The third kappa shape index (κ3) is 4.57. The SMILES string of the molecule is C(=NOc1ccccc1)c1ccc(/C=N/Oc2ccccc2)[nH]1. The highest BCUT2D eigenvalue weighted by atomic mass is 16.6. The van der Waals surface area contributed by atoms with E-state index in [4.69, 9.17) is 9.68 Å². The number of benzene rings is 2. The summed E-state index contributed by atoms with van der Waals surface area (Å²) in [4.78, 5) is 13.6. The van der Waals surface area contributed by atoms with Crippen molar-refractivity contribution in [1.29, 1.82) is 0 Å². The first-order valence-electron chi connectivity index (χ1n) is 7.10. The van der Waals surface area contributed by atoms with Crippen LogP contribution in [-0.2, 0) is 0 Å². The van der Waals surface area contributed by atoms with Gasteiger partial charge in [0.2, 0.25) is 0 Å². The molecule has 0 bridgehead atoms. The lowest BCUT2D eigenvalue weighted by Crippen LogP contribution is -1.89. The monoisotopic (exact) mass is 305 g/mol. The van der Waals surface area contributed by atoms with Crippen LogP contribution in [-0.4, -0.2) is 17.4 Å². The van der Waals surface area contributed by atoms with Crippen molar-refractivity contribution in [3.63, 3.8) is 0 Å². The van der Waals surface area contributed by atoms with E-state index in [0.29, 0.717) is 11.5 Å². The smallest absolute Gasteiger partial charge is 0.157 e. The molecule has 1 N–H and O–H groups in total. The second-order valence-electron chi connectivity index (χ2n) is 4.65. The molecule has 0 atom stereocenters. The van der Waals surface area contributed by atoms with E-state index in [9.17, 15) is 0 Å². The Morgan fingerprint density at radius 3 is 1.48 bits per heavy atom. The molecule has 0 radical (unpaired) electrons. The number of rotatable bonds is 6. The van der Waals surface area contributed by atoms with E-state index in [1.54, 1.807) is 12.4 Å². The van der Waals surface area contributed by atoms with Crippen molar-refractivity contribution < 1.29 is 9.68 Å². The van der Waals surface area contributed by atoms with Crippen LogP contribution in [0, 0.1) is 0 Å². The molecule has 0 aliphatic rings. The Labute approximate surface area is 133 Å². The minimum atomic E-state index is 0.688. The predicted octanol–water partition coefficient (Wildman–Crippen LogP) is 3.84. The Morgan fingerprint density at radius 2 is 1.04 bits per heavy atom. The number of hydrogen-bond donors (Lipinski definition) is 1. The molecule has 0 saturated heterocycles. The van der Waals surface area contributed by atoms with Gasteiger partial charge in [0.05, 0.1) is 23.8 Å². The summed E-state index contributed by atoms with van der Waals surface area (Å²) in [5.41, 5.74) is 1.61. The lowest BCUT2D eigenvalue weighted by Gasteiger charge is -1.96. The first-order chi connectivity index (χ1) is 11.4. The molecule has 0 fully saturated rings. The molecule has 0 saturated carbocycles. The summed E-state index contributed by atoms with van der Waals surface area (Å²) in [6.45, 7) is 0. The highest BCUT2D eigenvalue weighted by molar-refractivity contribution is 5.82. The number of nitrogens with one attached hydrogen (secondary N) is 1. The van der Waals surface area contributed by atoms with Crippen molar-refractivity contribution in [2.24, 2.45) is 10.3 Å². The molecule has 5 heteroatoms. The van der Waals surface area contributed by atoms with E-state index in [-0.39, 0.29) is 0 Å². The van der Waals surface area contributed by atoms with Crippen molar-refractivity contribution in [3.8, 4) is 11.5 Å². The summed E-state index contributed by atoms with van der Waals surface area (Å²) in [6, 6.07) is 22.5. The van der Waals surface area contributed by atoms with Crippen molar-refractivity contribution >= 4 is 12.4 Å². The summed E-state index contributed by atoms with van der Waals surface area (Å²) in [5, 5.41) is 7.84. The summed E-state index contributed by atoms with van der Waals surface area (Å²) in [5.74, 6) is 1.38. The highest BCUT2D eigenvalue weighted by Crippen LogP contribution is 2.09. The quantitative estimate of drug-likeness (QED) is 0.555. The van der Waals surface area contributed by atoms with Gasteiger partial charge in [0, 0.05) is 0 Å². The zero-order valence-corrected chi connectivity index (χ0v) is 12.3. The highest BCUT2D eigenvalue weighted by Gasteiger charge is 1.95. The Kier molecular flexibility index (Phi) is 4.83. The molecule has 0 amide bonds. The van der Waals surface area contributed by atoms with E-state index in [2.05, 4.69) is 15.3 Å². The Balaban J connectivity index is 1.53. The fourth-order valence-electron chi connectivity index (χ4n) is 1.83. The van der Waals surface area contributed by atoms with Gasteiger partial charge >= 0.3 is 0 Å². The third-order valence-corrected chi connectivity index (χ3v) is 2.92. The van der Waals surface area contributed by atoms with E-state index in [1.807, 2.05) is 72.8 Å². The van der Waals surface area contributed by atoms with Crippen LogP contribution in [0.3, 0.4) is 0 Å². The first-order valence-corrected chi connectivity index (χ1v) is 7.10. The second-order valence-corrected chi connectivity index (χ2v) is 4.65. The standard InChI is InChI=1S/C18H15N3O2/c1-3-7-17(8-4-1)22-19-13-15-11-12-16(21-15)14-20-23-18-9-5-2-6-10-18/h1-14,21H/b19-13+,20-14?. The summed E-state index contributed by atoms with van der Waals surface area (Å²) in [6.07, 6.45) is 3.20. The van der Waals surface area contributed by atoms with Crippen LogP contribution < -0.4 is 9.68 Å². The minimum Gasteiger partial charge on any atom is -0.357 e. The van der Waals surface area contributed by atoms with Crippen LogP contribution in [0.15, 0.2) is 83.1 Å². The third-order valence-electron chi connectivity index (χ3n) is 2.92. The summed E-state index contributed by atoms with van der Waals surface area (Å²) in [7, 11) is 0. The number of nitrogens with zero attached hydrogens (tertiary/aromatic N) is 2. The molecule has 0 unspecified atom stereocenters. The van der Waals surface area contributed by atoms with Crippen LogP contribution in [0.1, 0.15) is 11.4 Å². The van der Waals surface area contributed by atoms with E-state index in [0.717, 1.165) is 11.4 Å². The van der Waals surface area contributed by atoms with Crippen LogP contribution in [0.5, 0.6) is 11.5 Å². The van der Waals surface area contributed by atoms with Gasteiger partial charge in [-0.1, -0.05) is 46.7 Å². The normalized spacial score (nSPS) is 11.1. The van der Waals surface area contributed by atoms with Gasteiger partial charge in [0.25, 0.3) is 0 Å². The lowest BCUT2D eigenvalue weighted by molar-refractivity contribution is 0.344. The fraction of sp³-hybridized carbons (Fsp3) is 0. The van der Waals surface area contributed by atoms with Crippen molar-refractivity contribution in [2.75, 3.05) is 0 Å².